The first-order valence-corrected chi connectivity index (χ1v) is 12.4. The van der Waals surface area contributed by atoms with Crippen LogP contribution in [0.4, 0.5) is 0 Å². The summed E-state index contributed by atoms with van der Waals surface area (Å²) < 4.78 is 10.9. The Bertz CT molecular complexity index is 952. The number of nitrogens with one attached hydrogen (secondary N) is 1. The molecule has 3 nitrogen and oxygen atoms in total. The van der Waals surface area contributed by atoms with Crippen LogP contribution >= 0.6 is 0 Å². The third-order valence-electron chi connectivity index (χ3n) is 8.47. The largest absolute Gasteiger partial charge is 0.493 e. The van der Waals surface area contributed by atoms with E-state index in [1.165, 1.54) is 43.2 Å². The van der Waals surface area contributed by atoms with Crippen LogP contribution in [0.5, 0.6) is 11.5 Å². The van der Waals surface area contributed by atoms with Crippen LogP contribution in [-0.2, 0) is 18.4 Å². The van der Waals surface area contributed by atoms with E-state index in [1.807, 2.05) is 6.07 Å². The Kier molecular flexibility index (Phi) is 6.58. The zero-order chi connectivity index (χ0) is 22.9. The summed E-state index contributed by atoms with van der Waals surface area (Å²) in [7, 11) is 3.38. The van der Waals surface area contributed by atoms with Gasteiger partial charge in [-0.3, -0.25) is 0 Å². The lowest BCUT2D eigenvalue weighted by Crippen LogP contribution is -2.52. The fourth-order valence-electron chi connectivity index (χ4n) is 6.70. The van der Waals surface area contributed by atoms with E-state index in [0.29, 0.717) is 16.7 Å². The molecule has 4 rings (SSSR count). The Labute approximate surface area is 194 Å². The van der Waals surface area contributed by atoms with Crippen molar-refractivity contribution in [2.75, 3.05) is 20.8 Å². The molecular formula is C29H41NO2. The molecule has 32 heavy (non-hydrogen) atoms. The number of methoxy groups -OCH3 is 2. The summed E-state index contributed by atoms with van der Waals surface area (Å²) in [6, 6.07) is 13.6. The maximum Gasteiger partial charge on any atom is 0.161 e. The van der Waals surface area contributed by atoms with Gasteiger partial charge in [-0.1, -0.05) is 58.4 Å². The highest BCUT2D eigenvalue weighted by molar-refractivity contribution is 5.43. The minimum Gasteiger partial charge on any atom is -0.493 e. The molecule has 0 bridgehead atoms. The second kappa shape index (κ2) is 9.09. The van der Waals surface area contributed by atoms with Crippen molar-refractivity contribution in [2.24, 2.45) is 11.3 Å². The van der Waals surface area contributed by atoms with Gasteiger partial charge in [0, 0.05) is 13.1 Å². The molecule has 1 fully saturated rings. The van der Waals surface area contributed by atoms with Crippen molar-refractivity contribution < 1.29 is 9.47 Å². The first kappa shape index (κ1) is 23.2. The van der Waals surface area contributed by atoms with E-state index in [9.17, 15) is 0 Å². The SMILES string of the molecule is COc1ccc(CNC[C@]2(C)CCC[C@@]3(C)c4ccc(C(C)C)cc4CC[C@H]23)cc1OC. The average molecular weight is 436 g/mol. The maximum absolute atomic E-state index is 5.48. The molecule has 0 spiro atoms. The van der Waals surface area contributed by atoms with E-state index in [1.54, 1.807) is 25.3 Å². The van der Waals surface area contributed by atoms with E-state index >= 15 is 0 Å². The van der Waals surface area contributed by atoms with Crippen molar-refractivity contribution in [3.05, 3.63) is 58.7 Å². The van der Waals surface area contributed by atoms with Gasteiger partial charge in [0.25, 0.3) is 0 Å². The second-order valence-corrected chi connectivity index (χ2v) is 10.9. The Morgan fingerprint density at radius 3 is 2.50 bits per heavy atom. The van der Waals surface area contributed by atoms with Crippen molar-refractivity contribution >= 4 is 0 Å². The van der Waals surface area contributed by atoms with Gasteiger partial charge in [0.05, 0.1) is 14.2 Å². The Morgan fingerprint density at radius 1 is 1.00 bits per heavy atom. The van der Waals surface area contributed by atoms with Gasteiger partial charge in [-0.2, -0.15) is 0 Å². The Morgan fingerprint density at radius 2 is 1.78 bits per heavy atom. The quantitative estimate of drug-likeness (QED) is 0.530. The first-order chi connectivity index (χ1) is 15.3. The van der Waals surface area contributed by atoms with Crippen molar-refractivity contribution in [2.45, 2.75) is 77.7 Å². The van der Waals surface area contributed by atoms with Crippen LogP contribution in [0.15, 0.2) is 36.4 Å². The molecular weight excluding hydrogens is 394 g/mol. The lowest BCUT2D eigenvalue weighted by Gasteiger charge is -2.55. The molecule has 0 saturated heterocycles. The molecule has 0 aliphatic heterocycles. The fourth-order valence-corrected chi connectivity index (χ4v) is 6.70. The zero-order valence-electron chi connectivity index (χ0n) is 20.9. The van der Waals surface area contributed by atoms with Crippen molar-refractivity contribution in [3.8, 4) is 11.5 Å². The molecule has 2 aromatic rings. The van der Waals surface area contributed by atoms with Gasteiger partial charge in [-0.25, -0.2) is 0 Å². The molecule has 0 amide bonds. The predicted octanol–water partition coefficient (Wildman–Crippen LogP) is 6.63. The van der Waals surface area contributed by atoms with Crippen LogP contribution in [0.2, 0.25) is 0 Å². The van der Waals surface area contributed by atoms with Gasteiger partial charge in [0.15, 0.2) is 11.5 Å². The first-order valence-electron chi connectivity index (χ1n) is 12.4. The van der Waals surface area contributed by atoms with Gasteiger partial charge in [0.1, 0.15) is 0 Å². The van der Waals surface area contributed by atoms with Crippen LogP contribution in [-0.4, -0.2) is 20.8 Å². The molecule has 2 aliphatic rings. The molecule has 174 valence electrons. The van der Waals surface area contributed by atoms with Crippen LogP contribution < -0.4 is 14.8 Å². The van der Waals surface area contributed by atoms with Crippen LogP contribution in [0.3, 0.4) is 0 Å². The third-order valence-corrected chi connectivity index (χ3v) is 8.47. The molecule has 0 aromatic heterocycles. The van der Waals surface area contributed by atoms with Gasteiger partial charge >= 0.3 is 0 Å². The number of aryl methyl sites for hydroxylation is 1. The minimum absolute atomic E-state index is 0.293. The average Bonchev–Trinajstić information content (AvgIpc) is 2.78. The van der Waals surface area contributed by atoms with Crippen LogP contribution in [0.1, 0.15) is 81.5 Å². The lowest BCUT2D eigenvalue weighted by molar-refractivity contribution is 0.0257. The van der Waals surface area contributed by atoms with Gasteiger partial charge in [-0.05, 0) is 82.7 Å². The van der Waals surface area contributed by atoms with Crippen molar-refractivity contribution in [1.29, 1.82) is 0 Å². The molecule has 1 N–H and O–H groups in total. The minimum atomic E-state index is 0.293. The summed E-state index contributed by atoms with van der Waals surface area (Å²) in [6.07, 6.45) is 6.47. The van der Waals surface area contributed by atoms with E-state index < -0.39 is 0 Å². The summed E-state index contributed by atoms with van der Waals surface area (Å²) in [4.78, 5) is 0. The van der Waals surface area contributed by atoms with Crippen LogP contribution in [0, 0.1) is 11.3 Å². The van der Waals surface area contributed by atoms with Gasteiger partial charge in [-0.15, -0.1) is 0 Å². The normalized spacial score (nSPS) is 27.0. The summed E-state index contributed by atoms with van der Waals surface area (Å²) in [5, 5.41) is 3.80. The molecule has 3 atom stereocenters. The molecule has 0 radical (unpaired) electrons. The molecule has 2 aromatic carbocycles. The summed E-state index contributed by atoms with van der Waals surface area (Å²) in [6.45, 7) is 11.6. The monoisotopic (exact) mass is 435 g/mol. The van der Waals surface area contributed by atoms with E-state index in [4.69, 9.17) is 9.47 Å². The highest BCUT2D eigenvalue weighted by atomic mass is 16.5. The molecule has 3 heteroatoms. The third kappa shape index (κ3) is 4.17. The highest BCUT2D eigenvalue weighted by Gasteiger charge is 2.51. The van der Waals surface area contributed by atoms with E-state index in [-0.39, 0.29) is 0 Å². The van der Waals surface area contributed by atoms with Crippen molar-refractivity contribution in [3.63, 3.8) is 0 Å². The van der Waals surface area contributed by atoms with Crippen LogP contribution in [0.25, 0.3) is 0 Å². The van der Waals surface area contributed by atoms with Crippen molar-refractivity contribution in [1.82, 2.24) is 5.32 Å². The molecule has 0 heterocycles. The number of benzene rings is 2. The topological polar surface area (TPSA) is 30.5 Å². The second-order valence-electron chi connectivity index (χ2n) is 10.9. The Hall–Kier alpha value is -2.00. The summed E-state index contributed by atoms with van der Waals surface area (Å²) in [5.41, 5.74) is 6.57. The molecule has 1 saturated carbocycles. The summed E-state index contributed by atoms with van der Waals surface area (Å²) >= 11 is 0. The highest BCUT2D eigenvalue weighted by Crippen LogP contribution is 2.57. The Balaban J connectivity index is 1.50. The summed E-state index contributed by atoms with van der Waals surface area (Å²) in [5.74, 6) is 2.91. The standard InChI is InChI=1S/C29H41NO2/c1-20(2)22-9-11-24-23(17-22)10-13-27-28(3,14-7-15-29(24,27)4)19-30-18-21-8-12-25(31-5)26(16-21)32-6/h8-9,11-12,16-17,20,27,30H,7,10,13-15,18-19H2,1-6H3/t27-,28+,29+/m1/s1. The lowest BCUT2D eigenvalue weighted by atomic mass is 9.49. The predicted molar refractivity (Wildman–Crippen MR) is 133 cm³/mol. The zero-order valence-corrected chi connectivity index (χ0v) is 20.9. The number of fused-ring (bicyclic) bond motifs is 3. The molecule has 0 unspecified atom stereocenters. The number of hydrogen-bond acceptors (Lipinski definition) is 3. The number of rotatable bonds is 7. The number of ether oxygens (including phenoxy) is 2. The smallest absolute Gasteiger partial charge is 0.161 e. The maximum atomic E-state index is 5.48. The molecule has 2 aliphatic carbocycles. The van der Waals surface area contributed by atoms with Gasteiger partial charge < -0.3 is 14.8 Å². The van der Waals surface area contributed by atoms with E-state index in [2.05, 4.69) is 63.3 Å². The fraction of sp³-hybridized carbons (Fsp3) is 0.586. The van der Waals surface area contributed by atoms with Gasteiger partial charge in [0.2, 0.25) is 0 Å². The number of hydrogen-bond donors (Lipinski definition) is 1. The van der Waals surface area contributed by atoms with E-state index in [0.717, 1.165) is 30.5 Å².